The number of carbonyl (C=O) groups is 3. The van der Waals surface area contributed by atoms with Crippen LogP contribution in [0.2, 0.25) is 0 Å². The maximum Gasteiger partial charge on any atom is 0.306 e. The van der Waals surface area contributed by atoms with E-state index in [4.69, 9.17) is 14.2 Å². The lowest BCUT2D eigenvalue weighted by atomic mass is 9.99. The van der Waals surface area contributed by atoms with Gasteiger partial charge in [-0.2, -0.15) is 0 Å². The molecule has 0 aromatic heterocycles. The molecule has 65 heavy (non-hydrogen) atoms. The van der Waals surface area contributed by atoms with Crippen LogP contribution in [-0.2, 0) is 28.6 Å². The highest BCUT2D eigenvalue weighted by Crippen LogP contribution is 2.19. The molecule has 386 valence electrons. The highest BCUT2D eigenvalue weighted by Gasteiger charge is 2.19. The van der Waals surface area contributed by atoms with Gasteiger partial charge in [-0.15, -0.1) is 0 Å². The second kappa shape index (κ2) is 53.4. The van der Waals surface area contributed by atoms with Crippen LogP contribution >= 0.6 is 0 Å². The maximum absolute atomic E-state index is 12.8. The Morgan fingerprint density at radius 2 is 0.538 bits per heavy atom. The summed E-state index contributed by atoms with van der Waals surface area (Å²) in [5.74, 6) is 0.0671. The number of rotatable bonds is 54. The summed E-state index contributed by atoms with van der Waals surface area (Å²) in [4.78, 5) is 37.9. The molecule has 0 aliphatic heterocycles. The Morgan fingerprint density at radius 3 is 0.800 bits per heavy atom. The van der Waals surface area contributed by atoms with E-state index < -0.39 is 6.10 Å². The molecule has 1 unspecified atom stereocenters. The van der Waals surface area contributed by atoms with E-state index >= 15 is 0 Å². The zero-order valence-corrected chi connectivity index (χ0v) is 44.5. The molecule has 0 aromatic carbocycles. The molecule has 2 atom stereocenters. The van der Waals surface area contributed by atoms with Crippen molar-refractivity contribution in [2.75, 3.05) is 13.2 Å². The third kappa shape index (κ3) is 51.6. The van der Waals surface area contributed by atoms with Crippen LogP contribution in [-0.4, -0.2) is 37.2 Å². The first-order valence-corrected chi connectivity index (χ1v) is 29.4. The van der Waals surface area contributed by atoms with Gasteiger partial charge in [0.25, 0.3) is 0 Å². The van der Waals surface area contributed by atoms with Crippen LogP contribution in [0.4, 0.5) is 0 Å². The lowest BCUT2D eigenvalue weighted by Gasteiger charge is -2.18. The average Bonchev–Trinajstić information content (AvgIpc) is 3.30. The molecule has 0 saturated carbocycles. The molecular formula is C59H114O6. The van der Waals surface area contributed by atoms with E-state index in [1.54, 1.807) is 0 Å². The van der Waals surface area contributed by atoms with Crippen LogP contribution in [0.25, 0.3) is 0 Å². The smallest absolute Gasteiger partial charge is 0.306 e. The molecular weight excluding hydrogens is 805 g/mol. The minimum absolute atomic E-state index is 0.0624. The van der Waals surface area contributed by atoms with Gasteiger partial charge in [-0.25, -0.2) is 0 Å². The molecule has 0 spiro atoms. The quantitative estimate of drug-likeness (QED) is 0.0344. The summed E-state index contributed by atoms with van der Waals surface area (Å²) in [6.07, 6.45) is 58.3. The van der Waals surface area contributed by atoms with Crippen molar-refractivity contribution in [3.8, 4) is 0 Å². The van der Waals surface area contributed by atoms with Crippen LogP contribution < -0.4 is 0 Å². The largest absolute Gasteiger partial charge is 0.462 e. The van der Waals surface area contributed by atoms with E-state index in [0.29, 0.717) is 19.3 Å². The Hall–Kier alpha value is -1.59. The van der Waals surface area contributed by atoms with Gasteiger partial charge in [-0.3, -0.25) is 14.4 Å². The van der Waals surface area contributed by atoms with Crippen molar-refractivity contribution in [2.45, 2.75) is 342 Å². The fourth-order valence-electron chi connectivity index (χ4n) is 9.07. The van der Waals surface area contributed by atoms with Gasteiger partial charge in [0, 0.05) is 19.3 Å². The van der Waals surface area contributed by atoms with Gasteiger partial charge in [-0.1, -0.05) is 297 Å². The van der Waals surface area contributed by atoms with Crippen molar-refractivity contribution < 1.29 is 28.6 Å². The van der Waals surface area contributed by atoms with Crippen molar-refractivity contribution in [3.05, 3.63) is 0 Å². The molecule has 0 bridgehead atoms. The standard InChI is InChI=1S/C59H114O6/c1-5-8-10-12-14-15-16-17-18-19-23-27-30-33-36-40-44-48-52-59(62)65-56(53-63-57(60)50-46-42-37-13-11-9-6-2)54-64-58(61)51-47-43-39-35-32-29-26-24-21-20-22-25-28-31-34-38-41-45-49-55(4)7-3/h55-56H,5-54H2,1-4H3/t55?,56-/m0/s1. The van der Waals surface area contributed by atoms with E-state index in [2.05, 4.69) is 27.7 Å². The molecule has 6 heteroatoms. The zero-order chi connectivity index (χ0) is 47.4. The third-order valence-corrected chi connectivity index (χ3v) is 13.9. The van der Waals surface area contributed by atoms with Crippen molar-refractivity contribution in [3.63, 3.8) is 0 Å². The van der Waals surface area contributed by atoms with Gasteiger partial charge < -0.3 is 14.2 Å². The molecule has 0 N–H and O–H groups in total. The van der Waals surface area contributed by atoms with Crippen LogP contribution in [0.5, 0.6) is 0 Å². The number of carbonyl (C=O) groups excluding carboxylic acids is 3. The van der Waals surface area contributed by atoms with Gasteiger partial charge >= 0.3 is 17.9 Å². The summed E-state index contributed by atoms with van der Waals surface area (Å²) in [6.45, 7) is 9.07. The van der Waals surface area contributed by atoms with Gasteiger partial charge in [0.1, 0.15) is 13.2 Å². The van der Waals surface area contributed by atoms with Crippen molar-refractivity contribution in [1.29, 1.82) is 0 Å². The highest BCUT2D eigenvalue weighted by atomic mass is 16.6. The molecule has 0 radical (unpaired) electrons. The number of hydrogen-bond acceptors (Lipinski definition) is 6. The van der Waals surface area contributed by atoms with E-state index in [1.807, 2.05) is 0 Å². The van der Waals surface area contributed by atoms with Crippen molar-refractivity contribution in [1.82, 2.24) is 0 Å². The normalized spacial score (nSPS) is 12.4. The summed E-state index contributed by atoms with van der Waals surface area (Å²) < 4.78 is 16.8. The molecule has 6 nitrogen and oxygen atoms in total. The lowest BCUT2D eigenvalue weighted by molar-refractivity contribution is -0.167. The minimum atomic E-state index is -0.760. The number of unbranched alkanes of at least 4 members (excludes halogenated alkanes) is 40. The summed E-state index contributed by atoms with van der Waals surface area (Å²) in [5.41, 5.74) is 0. The predicted molar refractivity (Wildman–Crippen MR) is 280 cm³/mol. The predicted octanol–water partition coefficient (Wildman–Crippen LogP) is 19.4. The highest BCUT2D eigenvalue weighted by molar-refractivity contribution is 5.71. The number of ether oxygens (including phenoxy) is 3. The molecule has 0 saturated heterocycles. The number of hydrogen-bond donors (Lipinski definition) is 0. The van der Waals surface area contributed by atoms with E-state index in [-0.39, 0.29) is 31.1 Å². The second-order valence-corrected chi connectivity index (χ2v) is 20.5. The molecule has 0 aromatic rings. The Morgan fingerprint density at radius 1 is 0.308 bits per heavy atom. The first-order valence-electron chi connectivity index (χ1n) is 29.4. The third-order valence-electron chi connectivity index (χ3n) is 13.9. The summed E-state index contributed by atoms with van der Waals surface area (Å²) >= 11 is 0. The summed E-state index contributed by atoms with van der Waals surface area (Å²) in [5, 5.41) is 0. The van der Waals surface area contributed by atoms with Crippen LogP contribution in [0.1, 0.15) is 336 Å². The van der Waals surface area contributed by atoms with E-state index in [0.717, 1.165) is 63.7 Å². The molecule has 0 aliphatic rings. The number of esters is 3. The van der Waals surface area contributed by atoms with Crippen LogP contribution in [0, 0.1) is 5.92 Å². The fourth-order valence-corrected chi connectivity index (χ4v) is 9.07. The van der Waals surface area contributed by atoms with Crippen LogP contribution in [0.3, 0.4) is 0 Å². The SMILES string of the molecule is CCCCCCCCCCCCCCCCCCCCC(=O)O[C@@H](COC(=O)CCCCCCCCC)COC(=O)CCCCCCCCCCCCCCCCCCCCC(C)CC. The molecule has 0 rings (SSSR count). The topological polar surface area (TPSA) is 78.9 Å². The first kappa shape index (κ1) is 63.4. The fraction of sp³-hybridized carbons (Fsp3) is 0.949. The van der Waals surface area contributed by atoms with Gasteiger partial charge in [0.2, 0.25) is 0 Å². The summed E-state index contributed by atoms with van der Waals surface area (Å²) in [7, 11) is 0. The molecule has 0 amide bonds. The Kier molecular flexibility index (Phi) is 52.1. The van der Waals surface area contributed by atoms with E-state index in [9.17, 15) is 14.4 Å². The molecule has 0 fully saturated rings. The maximum atomic E-state index is 12.8. The van der Waals surface area contributed by atoms with Gasteiger partial charge in [-0.05, 0) is 25.2 Å². The monoisotopic (exact) mass is 919 g/mol. The van der Waals surface area contributed by atoms with Crippen molar-refractivity contribution >= 4 is 17.9 Å². The Balaban J connectivity index is 4.11. The first-order chi connectivity index (χ1) is 31.9. The molecule has 0 heterocycles. The minimum Gasteiger partial charge on any atom is -0.462 e. The molecule has 0 aliphatic carbocycles. The Labute approximate surface area is 406 Å². The van der Waals surface area contributed by atoms with Crippen LogP contribution in [0.15, 0.2) is 0 Å². The van der Waals surface area contributed by atoms with Gasteiger partial charge in [0.15, 0.2) is 6.10 Å². The second-order valence-electron chi connectivity index (χ2n) is 20.5. The van der Waals surface area contributed by atoms with E-state index in [1.165, 1.54) is 231 Å². The summed E-state index contributed by atoms with van der Waals surface area (Å²) in [6, 6.07) is 0. The average molecular weight is 920 g/mol. The van der Waals surface area contributed by atoms with Crippen molar-refractivity contribution in [2.24, 2.45) is 5.92 Å². The Bertz CT molecular complexity index is 982. The lowest BCUT2D eigenvalue weighted by Crippen LogP contribution is -2.30. The zero-order valence-electron chi connectivity index (χ0n) is 44.5. The van der Waals surface area contributed by atoms with Gasteiger partial charge in [0.05, 0.1) is 0 Å².